The van der Waals surface area contributed by atoms with Crippen molar-refractivity contribution in [3.05, 3.63) is 264 Å². The lowest BCUT2D eigenvalue weighted by molar-refractivity contribution is 0.590. The lowest BCUT2D eigenvalue weighted by Gasteiger charge is -2.33. The molecule has 10 aromatic carbocycles. The Balaban J connectivity index is 1.17. The number of hydrogen-bond donors (Lipinski definition) is 0. The molecule has 2 aliphatic carbocycles. The van der Waals surface area contributed by atoms with Crippen LogP contribution in [0.1, 0.15) is 74.9 Å². The van der Waals surface area contributed by atoms with Gasteiger partial charge in [-0.25, -0.2) is 9.97 Å². The van der Waals surface area contributed by atoms with Crippen molar-refractivity contribution in [3.63, 3.8) is 0 Å². The van der Waals surface area contributed by atoms with Gasteiger partial charge in [-0.2, -0.15) is 0 Å². The van der Waals surface area contributed by atoms with Gasteiger partial charge in [0.15, 0.2) is 11.2 Å². The number of aromatic nitrogens is 2. The molecule has 0 fully saturated rings. The van der Waals surface area contributed by atoms with E-state index in [0.29, 0.717) is 22.9 Å². The van der Waals surface area contributed by atoms with Gasteiger partial charge in [-0.05, 0) is 140 Å². The molecular formula is C71H56N4O2. The number of para-hydroxylation sites is 2. The van der Waals surface area contributed by atoms with Gasteiger partial charge >= 0.3 is 0 Å². The smallest absolute Gasteiger partial charge is 0.227 e. The van der Waals surface area contributed by atoms with Crippen LogP contribution < -0.4 is 9.80 Å². The zero-order chi connectivity index (χ0) is 52.2. The van der Waals surface area contributed by atoms with Gasteiger partial charge in [-0.15, -0.1) is 0 Å². The second-order valence-corrected chi connectivity index (χ2v) is 22.5. The van der Waals surface area contributed by atoms with Gasteiger partial charge in [-0.3, -0.25) is 0 Å². The van der Waals surface area contributed by atoms with Crippen LogP contribution in [-0.2, 0) is 16.2 Å². The quantitative estimate of drug-likeness (QED) is 0.151. The molecule has 0 radical (unpaired) electrons. The third-order valence-corrected chi connectivity index (χ3v) is 15.8. The molecule has 0 atom stereocenters. The lowest BCUT2D eigenvalue weighted by atomic mass is 9.70. The van der Waals surface area contributed by atoms with Crippen molar-refractivity contribution >= 4 is 56.3 Å². The van der Waals surface area contributed by atoms with Crippen molar-refractivity contribution < 1.29 is 8.83 Å². The van der Waals surface area contributed by atoms with E-state index >= 15 is 0 Å². The van der Waals surface area contributed by atoms with Crippen molar-refractivity contribution in [3.8, 4) is 45.2 Å². The second kappa shape index (κ2) is 17.4. The summed E-state index contributed by atoms with van der Waals surface area (Å²) in [5, 5.41) is 0. The van der Waals surface area contributed by atoms with E-state index in [1.807, 2.05) is 36.4 Å². The summed E-state index contributed by atoms with van der Waals surface area (Å²) in [6.45, 7) is 13.6. The molecule has 0 aliphatic heterocycles. The van der Waals surface area contributed by atoms with Gasteiger partial charge in [0, 0.05) is 45.0 Å². The van der Waals surface area contributed by atoms with Crippen molar-refractivity contribution in [1.82, 2.24) is 9.97 Å². The summed E-state index contributed by atoms with van der Waals surface area (Å²) in [5.74, 6) is 1.07. The van der Waals surface area contributed by atoms with E-state index in [1.54, 1.807) is 0 Å². The standard InChI is InChI=1S/C71H56N4O2/c1-69(2,3)47-35-39-51(40-36-47)74(49-27-15-9-16-28-49)59-43-57-61(65-63(59)72-67(76-65)45-23-11-7-12-24-45)62-58(71(57)55-33-21-19-31-53(55)54-32-20-22-34-56(54)71)44-60(64-66(62)77-68(73-64)46-25-13-8-14-26-46)75(50-29-17-10-18-30-50)52-41-37-48(38-42-52)70(4,5)6/h7-44H,1-6H3. The minimum atomic E-state index is -0.875. The molecule has 0 saturated carbocycles. The predicted molar refractivity (Wildman–Crippen MR) is 316 cm³/mol. The van der Waals surface area contributed by atoms with Crippen molar-refractivity contribution in [2.75, 3.05) is 9.80 Å². The van der Waals surface area contributed by atoms with Crippen LogP contribution in [-0.4, -0.2) is 9.97 Å². The van der Waals surface area contributed by atoms with Gasteiger partial charge in [0.25, 0.3) is 0 Å². The van der Waals surface area contributed by atoms with E-state index < -0.39 is 5.41 Å². The highest BCUT2D eigenvalue weighted by Crippen LogP contribution is 2.67. The highest BCUT2D eigenvalue weighted by molar-refractivity contribution is 6.16. The van der Waals surface area contributed by atoms with E-state index in [-0.39, 0.29) is 10.8 Å². The second-order valence-electron chi connectivity index (χ2n) is 22.5. The SMILES string of the molecule is CC(C)(C)c1ccc(N(c2ccccc2)c2cc3c(c4oc(-c5ccccc5)nc24)-c2c(cc(N(c4ccccc4)c4ccc(C(C)(C)C)cc4)c4nc(-c5ccccc5)oc24)C32c3ccccc3-c3ccccc32)cc1. The third-order valence-electron chi connectivity index (χ3n) is 15.8. The number of fused-ring (bicyclic) bond motifs is 14. The molecule has 0 N–H and O–H groups in total. The average molecular weight is 997 g/mol. The molecule has 1 spiro atoms. The van der Waals surface area contributed by atoms with Gasteiger partial charge in [0.05, 0.1) is 16.8 Å². The third kappa shape index (κ3) is 7.23. The van der Waals surface area contributed by atoms with E-state index in [2.05, 4.69) is 245 Å². The van der Waals surface area contributed by atoms with E-state index in [9.17, 15) is 0 Å². The minimum absolute atomic E-state index is 0.0354. The molecule has 0 unspecified atom stereocenters. The number of hydrogen-bond acceptors (Lipinski definition) is 6. The van der Waals surface area contributed by atoms with Crippen molar-refractivity contribution in [1.29, 1.82) is 0 Å². The highest BCUT2D eigenvalue weighted by atomic mass is 16.4. The zero-order valence-corrected chi connectivity index (χ0v) is 44.0. The fraction of sp³-hybridized carbons (Fsp3) is 0.127. The topological polar surface area (TPSA) is 58.5 Å². The molecule has 6 heteroatoms. The van der Waals surface area contributed by atoms with Gasteiger partial charge in [0.1, 0.15) is 11.0 Å². The summed E-state index contributed by atoms with van der Waals surface area (Å²) in [5.41, 5.74) is 20.7. The van der Waals surface area contributed by atoms with Gasteiger partial charge < -0.3 is 18.6 Å². The largest absolute Gasteiger partial charge is 0.435 e. The summed E-state index contributed by atoms with van der Waals surface area (Å²) in [7, 11) is 0. The molecule has 2 aromatic heterocycles. The Morgan fingerprint density at radius 1 is 0.351 bits per heavy atom. The normalized spacial score (nSPS) is 13.2. The highest BCUT2D eigenvalue weighted by Gasteiger charge is 2.55. The Bertz CT molecular complexity index is 3930. The van der Waals surface area contributed by atoms with Crippen LogP contribution in [0, 0.1) is 0 Å². The Labute approximate surface area is 449 Å². The van der Waals surface area contributed by atoms with Crippen LogP contribution >= 0.6 is 0 Å². The predicted octanol–water partition coefficient (Wildman–Crippen LogP) is 19.2. The van der Waals surface area contributed by atoms with Crippen molar-refractivity contribution in [2.45, 2.75) is 57.8 Å². The first-order valence-electron chi connectivity index (χ1n) is 26.6. The zero-order valence-electron chi connectivity index (χ0n) is 44.0. The number of anilines is 6. The summed E-state index contributed by atoms with van der Waals surface area (Å²) in [6, 6.07) is 82.6. The van der Waals surface area contributed by atoms with Crippen LogP contribution in [0.4, 0.5) is 34.1 Å². The Kier molecular flexibility index (Phi) is 10.5. The minimum Gasteiger partial charge on any atom is -0.435 e. The molecule has 2 heterocycles. The first-order chi connectivity index (χ1) is 37.5. The molecule has 77 heavy (non-hydrogen) atoms. The van der Waals surface area contributed by atoms with Crippen LogP contribution in [0.15, 0.2) is 239 Å². The van der Waals surface area contributed by atoms with Gasteiger partial charge in [0.2, 0.25) is 11.8 Å². The number of rotatable bonds is 8. The fourth-order valence-electron chi connectivity index (χ4n) is 12.2. The Hall–Kier alpha value is -9.26. The summed E-state index contributed by atoms with van der Waals surface area (Å²) in [4.78, 5) is 15.9. The average Bonchev–Trinajstić information content (AvgIpc) is 3.76. The molecule has 372 valence electrons. The number of oxazole rings is 2. The first kappa shape index (κ1) is 46.3. The van der Waals surface area contributed by atoms with Crippen LogP contribution in [0.25, 0.3) is 67.4 Å². The summed E-state index contributed by atoms with van der Waals surface area (Å²) >= 11 is 0. The first-order valence-corrected chi connectivity index (χ1v) is 26.6. The molecule has 12 aromatic rings. The van der Waals surface area contributed by atoms with Gasteiger partial charge in [-0.1, -0.05) is 187 Å². The maximum Gasteiger partial charge on any atom is 0.227 e. The van der Waals surface area contributed by atoms with Crippen LogP contribution in [0.2, 0.25) is 0 Å². The fourth-order valence-corrected chi connectivity index (χ4v) is 12.2. The monoisotopic (exact) mass is 996 g/mol. The lowest BCUT2D eigenvalue weighted by Crippen LogP contribution is -2.26. The maximum atomic E-state index is 7.44. The molecular weight excluding hydrogens is 941 g/mol. The molecule has 0 amide bonds. The molecule has 0 saturated heterocycles. The van der Waals surface area contributed by atoms with Crippen LogP contribution in [0.3, 0.4) is 0 Å². The van der Waals surface area contributed by atoms with Crippen LogP contribution in [0.5, 0.6) is 0 Å². The Morgan fingerprint density at radius 2 is 0.675 bits per heavy atom. The number of nitrogens with zero attached hydrogens (tertiary/aromatic N) is 4. The van der Waals surface area contributed by atoms with E-state index in [1.165, 1.54) is 33.4 Å². The van der Waals surface area contributed by atoms with Crippen molar-refractivity contribution in [2.24, 2.45) is 0 Å². The summed E-state index contributed by atoms with van der Waals surface area (Å²) < 4.78 is 14.9. The molecule has 0 bridgehead atoms. The maximum absolute atomic E-state index is 7.44. The molecule has 14 rings (SSSR count). The Morgan fingerprint density at radius 3 is 1.04 bits per heavy atom. The van der Waals surface area contributed by atoms with E-state index in [0.717, 1.165) is 78.5 Å². The van der Waals surface area contributed by atoms with E-state index in [4.69, 9.17) is 18.8 Å². The molecule has 2 aliphatic rings. The summed E-state index contributed by atoms with van der Waals surface area (Å²) in [6.07, 6.45) is 0. The molecule has 6 nitrogen and oxygen atoms in total. The number of benzene rings is 10.